The predicted octanol–water partition coefficient (Wildman–Crippen LogP) is 3.34. The van der Waals surface area contributed by atoms with Gasteiger partial charge in [-0.15, -0.1) is 0 Å². The third-order valence-corrected chi connectivity index (χ3v) is 7.29. The highest BCUT2D eigenvalue weighted by Crippen LogP contribution is 2.30. The van der Waals surface area contributed by atoms with Crippen LogP contribution in [0, 0.1) is 0 Å². The molecule has 0 radical (unpaired) electrons. The van der Waals surface area contributed by atoms with Gasteiger partial charge in [0.25, 0.3) is 0 Å². The molecular formula is C22H26N2O5S. The number of nitrogens with zero attached hydrogens (tertiary/aromatic N) is 1. The molecule has 8 heteroatoms. The zero-order valence-corrected chi connectivity index (χ0v) is 18.3. The molecule has 0 saturated heterocycles. The van der Waals surface area contributed by atoms with Crippen molar-refractivity contribution in [3.63, 3.8) is 0 Å². The van der Waals surface area contributed by atoms with Crippen molar-refractivity contribution in [1.29, 1.82) is 0 Å². The lowest BCUT2D eigenvalue weighted by atomic mass is 10.1. The zero-order valence-electron chi connectivity index (χ0n) is 17.5. The first-order chi connectivity index (χ1) is 14.3. The number of sulfone groups is 1. The molecule has 3 aromatic rings. The summed E-state index contributed by atoms with van der Waals surface area (Å²) in [5.74, 6) is 1.17. The Labute approximate surface area is 176 Å². The highest BCUT2D eigenvalue weighted by Gasteiger charge is 2.29. The fourth-order valence-electron chi connectivity index (χ4n) is 3.54. The van der Waals surface area contributed by atoms with Gasteiger partial charge in [0.05, 0.1) is 31.4 Å². The highest BCUT2D eigenvalue weighted by molar-refractivity contribution is 7.91. The molecule has 0 aliphatic carbocycles. The van der Waals surface area contributed by atoms with E-state index in [1.165, 1.54) is 0 Å². The quantitative estimate of drug-likeness (QED) is 0.592. The molecule has 30 heavy (non-hydrogen) atoms. The van der Waals surface area contributed by atoms with Crippen molar-refractivity contribution in [1.82, 2.24) is 9.55 Å². The number of H-pyrrole nitrogens is 1. The number of ether oxygens (including phenoxy) is 2. The summed E-state index contributed by atoms with van der Waals surface area (Å²) in [6.45, 7) is 3.80. The van der Waals surface area contributed by atoms with Crippen molar-refractivity contribution in [3.8, 4) is 11.5 Å². The van der Waals surface area contributed by atoms with E-state index in [0.29, 0.717) is 29.3 Å². The minimum atomic E-state index is -3.64. The zero-order chi connectivity index (χ0) is 21.9. The molecule has 1 heterocycles. The number of benzene rings is 2. The molecule has 2 aromatic carbocycles. The third-order valence-electron chi connectivity index (χ3n) is 5.19. The first-order valence-corrected chi connectivity index (χ1v) is 11.2. The van der Waals surface area contributed by atoms with Crippen molar-refractivity contribution in [3.05, 3.63) is 76.0 Å². The molecule has 0 bridgehead atoms. The first-order valence-electron chi connectivity index (χ1n) is 9.64. The molecule has 0 amide bonds. The van der Waals surface area contributed by atoms with Crippen LogP contribution < -0.4 is 15.2 Å². The summed E-state index contributed by atoms with van der Waals surface area (Å²) < 4.78 is 38.3. The van der Waals surface area contributed by atoms with E-state index in [0.717, 1.165) is 5.56 Å². The molecule has 0 aliphatic heterocycles. The molecule has 1 N–H and O–H groups in total. The van der Waals surface area contributed by atoms with Gasteiger partial charge in [-0.2, -0.15) is 0 Å². The SMILES string of the molecule is CCc1c(C(C)S(=O)(=O)c2ccccc2)[nH]c(=O)n1Cc1ccc(OC)c(OC)c1. The summed E-state index contributed by atoms with van der Waals surface area (Å²) in [6, 6.07) is 13.7. The summed E-state index contributed by atoms with van der Waals surface area (Å²) in [5, 5.41) is -0.880. The maximum Gasteiger partial charge on any atom is 0.326 e. The van der Waals surface area contributed by atoms with Crippen LogP contribution in [0.3, 0.4) is 0 Å². The third kappa shape index (κ3) is 4.00. The van der Waals surface area contributed by atoms with E-state index < -0.39 is 15.1 Å². The van der Waals surface area contributed by atoms with Crippen molar-refractivity contribution in [2.75, 3.05) is 14.2 Å². The van der Waals surface area contributed by atoms with E-state index in [1.54, 1.807) is 62.1 Å². The van der Waals surface area contributed by atoms with Crippen LogP contribution >= 0.6 is 0 Å². The van der Waals surface area contributed by atoms with Gasteiger partial charge < -0.3 is 14.5 Å². The van der Waals surface area contributed by atoms with Crippen LogP contribution in [-0.4, -0.2) is 32.2 Å². The van der Waals surface area contributed by atoms with Gasteiger partial charge in [0.2, 0.25) is 0 Å². The first kappa shape index (κ1) is 21.7. The van der Waals surface area contributed by atoms with Crippen molar-refractivity contribution < 1.29 is 17.9 Å². The van der Waals surface area contributed by atoms with Gasteiger partial charge in [-0.3, -0.25) is 4.57 Å². The second kappa shape index (κ2) is 8.79. The maximum atomic E-state index is 13.1. The Morgan fingerprint density at radius 3 is 2.30 bits per heavy atom. The topological polar surface area (TPSA) is 90.4 Å². The molecule has 0 saturated carbocycles. The Morgan fingerprint density at radius 2 is 1.70 bits per heavy atom. The van der Waals surface area contributed by atoms with E-state index >= 15 is 0 Å². The molecule has 1 unspecified atom stereocenters. The molecule has 1 aromatic heterocycles. The van der Waals surface area contributed by atoms with E-state index in [1.807, 2.05) is 19.1 Å². The highest BCUT2D eigenvalue weighted by atomic mass is 32.2. The predicted molar refractivity (Wildman–Crippen MR) is 115 cm³/mol. The second-order valence-corrected chi connectivity index (χ2v) is 9.19. The van der Waals surface area contributed by atoms with E-state index in [9.17, 15) is 13.2 Å². The normalized spacial score (nSPS) is 12.5. The smallest absolute Gasteiger partial charge is 0.326 e. The average molecular weight is 431 g/mol. The van der Waals surface area contributed by atoms with Crippen LogP contribution in [0.5, 0.6) is 11.5 Å². The van der Waals surface area contributed by atoms with Crippen LogP contribution in [-0.2, 0) is 22.8 Å². The van der Waals surface area contributed by atoms with Gasteiger partial charge in [0.15, 0.2) is 21.3 Å². The number of imidazole rings is 1. The Bertz CT molecular complexity index is 1180. The number of methoxy groups -OCH3 is 2. The van der Waals surface area contributed by atoms with Crippen LogP contribution in [0.25, 0.3) is 0 Å². The lowest BCUT2D eigenvalue weighted by molar-refractivity contribution is 0.354. The van der Waals surface area contributed by atoms with Crippen LogP contribution in [0.4, 0.5) is 0 Å². The second-order valence-electron chi connectivity index (χ2n) is 6.92. The van der Waals surface area contributed by atoms with Gasteiger partial charge in [-0.1, -0.05) is 31.2 Å². The lowest BCUT2D eigenvalue weighted by Gasteiger charge is -2.15. The standard InChI is InChI=1S/C22H26N2O5S/c1-5-18-21(15(2)30(26,27)17-9-7-6-8-10-17)23-22(25)24(18)14-16-11-12-19(28-3)20(13-16)29-4/h6-13,15H,5,14H2,1-4H3,(H,23,25). The Balaban J connectivity index is 2.01. The minimum absolute atomic E-state index is 0.230. The number of nitrogens with one attached hydrogen (secondary N) is 1. The summed E-state index contributed by atoms with van der Waals surface area (Å²) >= 11 is 0. The number of hydrogen-bond donors (Lipinski definition) is 1. The van der Waals surface area contributed by atoms with Crippen LogP contribution in [0.2, 0.25) is 0 Å². The summed E-state index contributed by atoms with van der Waals surface area (Å²) in [5.41, 5.74) is 1.59. The Morgan fingerprint density at radius 1 is 1.03 bits per heavy atom. The Kier molecular flexibility index (Phi) is 6.36. The van der Waals surface area contributed by atoms with Crippen molar-refractivity contribution in [2.45, 2.75) is 37.0 Å². The van der Waals surface area contributed by atoms with Crippen LogP contribution in [0.1, 0.15) is 36.0 Å². The number of rotatable bonds is 8. The monoisotopic (exact) mass is 430 g/mol. The number of hydrogen-bond acceptors (Lipinski definition) is 5. The molecule has 3 rings (SSSR count). The van der Waals surface area contributed by atoms with E-state index in [-0.39, 0.29) is 17.1 Å². The summed E-state index contributed by atoms with van der Waals surface area (Å²) in [4.78, 5) is 15.7. The number of aromatic amines is 1. The van der Waals surface area contributed by atoms with Crippen LogP contribution in [0.15, 0.2) is 58.2 Å². The molecule has 0 aliphatic rings. The molecule has 0 fully saturated rings. The minimum Gasteiger partial charge on any atom is -0.493 e. The van der Waals surface area contributed by atoms with Gasteiger partial charge >= 0.3 is 5.69 Å². The van der Waals surface area contributed by atoms with Gasteiger partial charge in [0, 0.05) is 5.69 Å². The summed E-state index contributed by atoms with van der Waals surface area (Å²) in [6.07, 6.45) is 0.510. The largest absolute Gasteiger partial charge is 0.493 e. The fourth-order valence-corrected chi connectivity index (χ4v) is 4.99. The number of aromatic nitrogens is 2. The van der Waals surface area contributed by atoms with Crippen molar-refractivity contribution >= 4 is 9.84 Å². The lowest BCUT2D eigenvalue weighted by Crippen LogP contribution is -2.19. The van der Waals surface area contributed by atoms with Crippen molar-refractivity contribution in [2.24, 2.45) is 0 Å². The molecule has 7 nitrogen and oxygen atoms in total. The Hall–Kier alpha value is -3.00. The molecule has 0 spiro atoms. The average Bonchev–Trinajstić information content (AvgIpc) is 3.08. The van der Waals surface area contributed by atoms with Gasteiger partial charge in [0.1, 0.15) is 5.25 Å². The molecular weight excluding hydrogens is 404 g/mol. The molecule has 160 valence electrons. The van der Waals surface area contributed by atoms with E-state index in [2.05, 4.69) is 4.98 Å². The fraction of sp³-hybridized carbons (Fsp3) is 0.318. The molecule has 1 atom stereocenters. The van der Waals surface area contributed by atoms with E-state index in [4.69, 9.17) is 9.47 Å². The summed E-state index contributed by atoms with van der Waals surface area (Å²) in [7, 11) is -0.529. The van der Waals surface area contributed by atoms with Gasteiger partial charge in [-0.25, -0.2) is 13.2 Å². The maximum absolute atomic E-state index is 13.1. The van der Waals surface area contributed by atoms with Gasteiger partial charge in [-0.05, 0) is 43.2 Å².